The molecule has 8 heteroatoms. The van der Waals surface area contributed by atoms with Gasteiger partial charge in [-0.25, -0.2) is 5.43 Å². The molecule has 0 aromatic heterocycles. The van der Waals surface area contributed by atoms with E-state index >= 15 is 0 Å². The van der Waals surface area contributed by atoms with Crippen molar-refractivity contribution in [1.82, 2.24) is 10.7 Å². The Balaban J connectivity index is 0.000000250. The maximum Gasteiger partial charge on any atom is 0.332 e. The molecular weight excluding hydrogens is 286 g/mol. The second-order valence-electron chi connectivity index (χ2n) is 3.48. The minimum absolute atomic E-state index is 0.358. The number of rotatable bonds is 2. The van der Waals surface area contributed by atoms with Crippen molar-refractivity contribution in [2.45, 2.75) is 0 Å². The van der Waals surface area contributed by atoms with Gasteiger partial charge in [0.15, 0.2) is 0 Å². The molecule has 0 saturated carbocycles. The van der Waals surface area contributed by atoms with Crippen LogP contribution >= 0.6 is 11.8 Å². The maximum absolute atomic E-state index is 11.1. The zero-order chi connectivity index (χ0) is 13.9. The van der Waals surface area contributed by atoms with Crippen LogP contribution in [-0.4, -0.2) is 38.9 Å². The molecule has 1 aliphatic rings. The minimum Gasteiger partial charge on any atom is -0.315 e. The van der Waals surface area contributed by atoms with Crippen LogP contribution in [0.15, 0.2) is 34.8 Å². The van der Waals surface area contributed by atoms with E-state index in [4.69, 9.17) is 0 Å². The molecule has 1 saturated heterocycles. The van der Waals surface area contributed by atoms with Gasteiger partial charge >= 0.3 is 10.5 Å². The summed E-state index contributed by atoms with van der Waals surface area (Å²) in [6.07, 6.45) is 0. The summed E-state index contributed by atoms with van der Waals surface area (Å²) in [5.41, 5.74) is 2.23. The molecule has 0 spiro atoms. The monoisotopic (exact) mass is 301 g/mol. The molecule has 1 fully saturated rings. The van der Waals surface area contributed by atoms with E-state index in [9.17, 15) is 13.2 Å². The lowest BCUT2D eigenvalue weighted by molar-refractivity contribution is 0.0955. The van der Waals surface area contributed by atoms with E-state index in [1.165, 1.54) is 24.6 Å². The van der Waals surface area contributed by atoms with Crippen molar-refractivity contribution < 1.29 is 13.2 Å². The Morgan fingerprint density at radius 3 is 2.26 bits per heavy atom. The number of nitrogens with zero attached hydrogens (tertiary/aromatic N) is 1. The SMILES string of the molecule is C1CSCCN1.O=C(NN=S(=O)=O)c1ccccc1. The minimum atomic E-state index is -2.62. The number of nitrogens with one attached hydrogen (secondary N) is 2. The summed E-state index contributed by atoms with van der Waals surface area (Å²) in [4.78, 5) is 11.1. The number of hydrogen-bond donors (Lipinski definition) is 2. The fraction of sp³-hybridized carbons (Fsp3) is 0.364. The van der Waals surface area contributed by atoms with Gasteiger partial charge in [0, 0.05) is 30.2 Å². The molecule has 0 aliphatic carbocycles. The Hall–Kier alpha value is -1.38. The first-order chi connectivity index (χ1) is 9.20. The molecule has 0 unspecified atom stereocenters. The van der Waals surface area contributed by atoms with E-state index < -0.39 is 16.4 Å². The van der Waals surface area contributed by atoms with E-state index in [2.05, 4.69) is 9.79 Å². The van der Waals surface area contributed by atoms with Crippen molar-refractivity contribution in [2.75, 3.05) is 24.6 Å². The lowest BCUT2D eigenvalue weighted by Gasteiger charge is -2.08. The van der Waals surface area contributed by atoms with Crippen molar-refractivity contribution in [1.29, 1.82) is 0 Å². The average molecular weight is 301 g/mol. The predicted octanol–water partition coefficient (Wildman–Crippen LogP) is 0.717. The quantitative estimate of drug-likeness (QED) is 0.786. The Morgan fingerprint density at radius 2 is 1.84 bits per heavy atom. The predicted molar refractivity (Wildman–Crippen MR) is 75.5 cm³/mol. The molecule has 1 heterocycles. The largest absolute Gasteiger partial charge is 0.332 e. The highest BCUT2D eigenvalue weighted by atomic mass is 32.2. The fourth-order valence-corrected chi connectivity index (χ4v) is 2.19. The molecule has 0 atom stereocenters. The summed E-state index contributed by atoms with van der Waals surface area (Å²) in [6.45, 7) is 2.43. The molecule has 0 bridgehead atoms. The van der Waals surface area contributed by atoms with Crippen LogP contribution in [0, 0.1) is 0 Å². The van der Waals surface area contributed by atoms with Gasteiger partial charge in [-0.3, -0.25) is 4.79 Å². The zero-order valence-corrected chi connectivity index (χ0v) is 11.8. The molecule has 2 N–H and O–H groups in total. The van der Waals surface area contributed by atoms with Crippen LogP contribution in [0.25, 0.3) is 0 Å². The first-order valence-electron chi connectivity index (χ1n) is 5.64. The van der Waals surface area contributed by atoms with Gasteiger partial charge in [-0.2, -0.15) is 20.2 Å². The van der Waals surface area contributed by atoms with Crippen molar-refractivity contribution >= 4 is 28.2 Å². The van der Waals surface area contributed by atoms with Crippen molar-refractivity contribution in [2.24, 2.45) is 4.47 Å². The van der Waals surface area contributed by atoms with Crippen LogP contribution < -0.4 is 10.7 Å². The summed E-state index contributed by atoms with van der Waals surface area (Å²) in [6, 6.07) is 8.20. The van der Waals surface area contributed by atoms with Gasteiger partial charge in [-0.05, 0) is 12.1 Å². The molecule has 19 heavy (non-hydrogen) atoms. The third kappa shape index (κ3) is 7.60. The topological polar surface area (TPSA) is 87.6 Å². The van der Waals surface area contributed by atoms with Crippen LogP contribution in [0.5, 0.6) is 0 Å². The highest BCUT2D eigenvalue weighted by Gasteiger charge is 2.01. The molecule has 1 aliphatic heterocycles. The fourth-order valence-electron chi connectivity index (χ4n) is 1.25. The van der Waals surface area contributed by atoms with Crippen LogP contribution in [0.3, 0.4) is 0 Å². The number of hydrogen-bond acceptors (Lipinski definition) is 6. The Labute approximate surface area is 117 Å². The summed E-state index contributed by atoms with van der Waals surface area (Å²) in [7, 11) is -2.62. The number of thioether (sulfide) groups is 1. The molecular formula is C11H15N3O3S2. The van der Waals surface area contributed by atoms with Crippen molar-refractivity contribution in [3.8, 4) is 0 Å². The van der Waals surface area contributed by atoms with Gasteiger partial charge in [0.05, 0.1) is 0 Å². The summed E-state index contributed by atoms with van der Waals surface area (Å²) in [5.74, 6) is 2.06. The summed E-state index contributed by atoms with van der Waals surface area (Å²) < 4.78 is 22.7. The molecule has 2 rings (SSSR count). The van der Waals surface area contributed by atoms with Crippen molar-refractivity contribution in [3.05, 3.63) is 35.9 Å². The number of amides is 1. The first kappa shape index (κ1) is 15.7. The van der Waals surface area contributed by atoms with Gasteiger partial charge in [-0.15, -0.1) is 0 Å². The van der Waals surface area contributed by atoms with Gasteiger partial charge in [0.2, 0.25) is 0 Å². The summed E-state index contributed by atoms with van der Waals surface area (Å²) >= 11 is 2.03. The van der Waals surface area contributed by atoms with Crippen LogP contribution in [0.2, 0.25) is 0 Å². The molecule has 6 nitrogen and oxygen atoms in total. The molecule has 1 aromatic carbocycles. The second kappa shape index (κ2) is 9.54. The van der Waals surface area contributed by atoms with Gasteiger partial charge < -0.3 is 5.32 Å². The third-order valence-electron chi connectivity index (χ3n) is 2.10. The molecule has 1 amide bonds. The molecule has 1 aromatic rings. The van der Waals surface area contributed by atoms with E-state index in [0.29, 0.717) is 5.56 Å². The van der Waals surface area contributed by atoms with Crippen molar-refractivity contribution in [3.63, 3.8) is 0 Å². The number of carbonyl (C=O) groups excluding carboxylic acids is 1. The summed E-state index contributed by atoms with van der Waals surface area (Å²) in [5, 5.41) is 3.26. The highest BCUT2D eigenvalue weighted by molar-refractivity contribution is 7.99. The van der Waals surface area contributed by atoms with Crippen LogP contribution in [-0.2, 0) is 10.5 Å². The maximum atomic E-state index is 11.1. The van der Waals surface area contributed by atoms with Gasteiger partial charge in [0.1, 0.15) is 0 Å². The average Bonchev–Trinajstić information content (AvgIpc) is 2.48. The Kier molecular flexibility index (Phi) is 7.87. The normalized spacial score (nSPS) is 13.7. The lowest BCUT2D eigenvalue weighted by Crippen LogP contribution is -2.24. The van der Waals surface area contributed by atoms with Gasteiger partial charge in [-0.1, -0.05) is 22.7 Å². The standard InChI is InChI=1S/C7H6N2O3S.C4H9NS/c10-7(8-9-13(11)12)6-4-2-1-3-5-6;1-3-6-4-2-5-1/h1-5H,(H,8,10);5H,1-4H2. The first-order valence-corrected chi connectivity index (χ1v) is 7.83. The molecule has 104 valence electrons. The number of benzene rings is 1. The smallest absolute Gasteiger partial charge is 0.315 e. The second-order valence-corrected chi connectivity index (χ2v) is 5.32. The zero-order valence-electron chi connectivity index (χ0n) is 10.2. The Morgan fingerprint density at radius 1 is 1.21 bits per heavy atom. The Bertz CT molecular complexity index is 494. The lowest BCUT2D eigenvalue weighted by atomic mass is 10.2. The van der Waals surface area contributed by atoms with E-state index in [-0.39, 0.29) is 0 Å². The van der Waals surface area contributed by atoms with E-state index in [1.54, 1.807) is 30.3 Å². The van der Waals surface area contributed by atoms with Crippen LogP contribution in [0.1, 0.15) is 10.4 Å². The van der Waals surface area contributed by atoms with Gasteiger partial charge in [0.25, 0.3) is 5.91 Å². The molecule has 0 radical (unpaired) electrons. The number of carbonyl (C=O) groups is 1. The van der Waals surface area contributed by atoms with E-state index in [0.717, 1.165) is 0 Å². The van der Waals surface area contributed by atoms with E-state index in [1.807, 2.05) is 17.2 Å². The van der Waals surface area contributed by atoms with Crippen LogP contribution in [0.4, 0.5) is 0 Å². The third-order valence-corrected chi connectivity index (χ3v) is 3.33. The highest BCUT2D eigenvalue weighted by Crippen LogP contribution is 1.99.